The van der Waals surface area contributed by atoms with Gasteiger partial charge < -0.3 is 9.84 Å². The maximum atomic E-state index is 9.42. The summed E-state index contributed by atoms with van der Waals surface area (Å²) in [5, 5.41) is 11.7. The summed E-state index contributed by atoms with van der Waals surface area (Å²) in [6.45, 7) is 0.0526. The van der Waals surface area contributed by atoms with Crippen molar-refractivity contribution in [3.63, 3.8) is 0 Å². The highest BCUT2D eigenvalue weighted by atomic mass is 16.5. The van der Waals surface area contributed by atoms with E-state index in [-0.39, 0.29) is 6.61 Å². The summed E-state index contributed by atoms with van der Waals surface area (Å²) in [4.78, 5) is 0. The fourth-order valence-corrected chi connectivity index (χ4v) is 4.20. The molecule has 1 N–H and O–H groups in total. The molecule has 1 unspecified atom stereocenters. The first-order valence-electron chi connectivity index (χ1n) is 9.78. The second-order valence-electron chi connectivity index (χ2n) is 7.37. The average molecular weight is 366 g/mol. The molecule has 3 aromatic carbocycles. The van der Waals surface area contributed by atoms with Crippen LogP contribution < -0.4 is 4.74 Å². The van der Waals surface area contributed by atoms with Gasteiger partial charge in [-0.3, -0.25) is 0 Å². The van der Waals surface area contributed by atoms with E-state index in [0.717, 1.165) is 46.1 Å². The van der Waals surface area contributed by atoms with Gasteiger partial charge in [-0.15, -0.1) is 0 Å². The van der Waals surface area contributed by atoms with Crippen LogP contribution in [0.15, 0.2) is 90.5 Å². The number of rotatable bonds is 3. The zero-order chi connectivity index (χ0) is 19.0. The van der Waals surface area contributed by atoms with Crippen LogP contribution in [0.1, 0.15) is 29.5 Å². The van der Waals surface area contributed by atoms with Crippen LogP contribution in [0, 0.1) is 0 Å². The Balaban J connectivity index is 1.68. The van der Waals surface area contributed by atoms with Crippen molar-refractivity contribution in [2.75, 3.05) is 0 Å². The lowest BCUT2D eigenvalue weighted by Crippen LogP contribution is -2.35. The van der Waals surface area contributed by atoms with Crippen molar-refractivity contribution in [2.45, 2.75) is 25.0 Å². The molecular formula is C26H22O2. The molecule has 0 bridgehead atoms. The first-order valence-corrected chi connectivity index (χ1v) is 9.78. The van der Waals surface area contributed by atoms with E-state index in [0.29, 0.717) is 0 Å². The van der Waals surface area contributed by atoms with Gasteiger partial charge in [0.25, 0.3) is 0 Å². The lowest BCUT2D eigenvalue weighted by Gasteiger charge is -2.37. The molecule has 2 aliphatic rings. The van der Waals surface area contributed by atoms with E-state index in [1.807, 2.05) is 24.3 Å². The van der Waals surface area contributed by atoms with Crippen LogP contribution in [0.2, 0.25) is 0 Å². The molecule has 1 atom stereocenters. The number of fused-ring (bicyclic) bond motifs is 3. The first kappa shape index (κ1) is 17.0. The molecule has 0 aromatic heterocycles. The third kappa shape index (κ3) is 2.69. The molecular weight excluding hydrogens is 344 g/mol. The number of aliphatic hydroxyl groups excluding tert-OH is 1. The second-order valence-corrected chi connectivity index (χ2v) is 7.37. The SMILES string of the molecule is OCc1ccc2c3c(ccc2c1)OC(C1=CCCC=C1)(c1ccccc1)C=C3. The third-order valence-corrected chi connectivity index (χ3v) is 5.65. The van der Waals surface area contributed by atoms with Crippen LogP contribution in [0.3, 0.4) is 0 Å². The fraction of sp³-hybridized carbons (Fsp3) is 0.154. The van der Waals surface area contributed by atoms with E-state index < -0.39 is 5.60 Å². The highest BCUT2D eigenvalue weighted by Gasteiger charge is 2.38. The maximum Gasteiger partial charge on any atom is 0.177 e. The van der Waals surface area contributed by atoms with E-state index >= 15 is 0 Å². The van der Waals surface area contributed by atoms with Gasteiger partial charge in [-0.1, -0.05) is 66.8 Å². The Morgan fingerprint density at radius 2 is 1.82 bits per heavy atom. The van der Waals surface area contributed by atoms with Crippen molar-refractivity contribution < 1.29 is 9.84 Å². The molecule has 0 saturated heterocycles. The lowest BCUT2D eigenvalue weighted by atomic mass is 9.81. The molecule has 1 heterocycles. The summed E-state index contributed by atoms with van der Waals surface area (Å²) in [6.07, 6.45) is 13.2. The predicted octanol–water partition coefficient (Wildman–Crippen LogP) is 5.91. The summed E-state index contributed by atoms with van der Waals surface area (Å²) < 4.78 is 6.75. The van der Waals surface area contributed by atoms with E-state index in [1.165, 1.54) is 5.57 Å². The Kier molecular flexibility index (Phi) is 4.14. The van der Waals surface area contributed by atoms with Crippen molar-refractivity contribution >= 4 is 16.8 Å². The number of hydrogen-bond donors (Lipinski definition) is 1. The summed E-state index contributed by atoms with van der Waals surface area (Å²) in [7, 11) is 0. The molecule has 1 aliphatic carbocycles. The zero-order valence-corrected chi connectivity index (χ0v) is 15.6. The van der Waals surface area contributed by atoms with Gasteiger partial charge >= 0.3 is 0 Å². The Morgan fingerprint density at radius 3 is 2.61 bits per heavy atom. The number of aliphatic hydroxyl groups is 1. The minimum absolute atomic E-state index is 0.0526. The van der Waals surface area contributed by atoms with Gasteiger partial charge in [-0.05, 0) is 59.0 Å². The summed E-state index contributed by atoms with van der Waals surface area (Å²) >= 11 is 0. The minimum atomic E-state index is -0.607. The quantitative estimate of drug-likeness (QED) is 0.624. The smallest absolute Gasteiger partial charge is 0.177 e. The van der Waals surface area contributed by atoms with E-state index in [9.17, 15) is 5.11 Å². The highest BCUT2D eigenvalue weighted by Crippen LogP contribution is 2.45. The molecule has 0 radical (unpaired) electrons. The van der Waals surface area contributed by atoms with Gasteiger partial charge in [-0.2, -0.15) is 0 Å². The molecule has 5 rings (SSSR count). The summed E-state index contributed by atoms with van der Waals surface area (Å²) in [5.74, 6) is 0.885. The van der Waals surface area contributed by atoms with Gasteiger partial charge in [0.05, 0.1) is 6.61 Å². The van der Waals surface area contributed by atoms with Crippen molar-refractivity contribution in [3.05, 3.63) is 107 Å². The predicted molar refractivity (Wildman–Crippen MR) is 114 cm³/mol. The Bertz CT molecular complexity index is 1120. The largest absolute Gasteiger partial charge is 0.473 e. The molecule has 0 spiro atoms. The summed E-state index contributed by atoms with van der Waals surface area (Å²) in [5.41, 5.74) is 3.72. The van der Waals surface area contributed by atoms with Gasteiger partial charge in [0.1, 0.15) is 5.75 Å². The molecule has 1 aliphatic heterocycles. The molecule has 2 heteroatoms. The minimum Gasteiger partial charge on any atom is -0.473 e. The summed E-state index contributed by atoms with van der Waals surface area (Å²) in [6, 6.07) is 20.6. The van der Waals surface area contributed by atoms with Crippen molar-refractivity contribution in [1.29, 1.82) is 0 Å². The monoisotopic (exact) mass is 366 g/mol. The van der Waals surface area contributed by atoms with Crippen LogP contribution in [0.4, 0.5) is 0 Å². The fourth-order valence-electron chi connectivity index (χ4n) is 4.20. The maximum absolute atomic E-state index is 9.42. The highest BCUT2D eigenvalue weighted by molar-refractivity contribution is 5.94. The number of benzene rings is 3. The molecule has 138 valence electrons. The first-order chi connectivity index (χ1) is 13.8. The Morgan fingerprint density at radius 1 is 0.929 bits per heavy atom. The Hall–Kier alpha value is -3.10. The third-order valence-electron chi connectivity index (χ3n) is 5.65. The van der Waals surface area contributed by atoms with Gasteiger partial charge in [0, 0.05) is 11.1 Å². The number of hydrogen-bond acceptors (Lipinski definition) is 2. The zero-order valence-electron chi connectivity index (χ0n) is 15.6. The molecule has 0 amide bonds. The standard InChI is InChI=1S/C26H22O2/c27-18-19-11-13-23-20(17-19)12-14-25-24(23)15-16-26(28-25,21-7-3-1-4-8-21)22-9-5-2-6-10-22/h1,3-5,7-17,27H,2,6,18H2. The van der Waals surface area contributed by atoms with Crippen molar-refractivity contribution in [2.24, 2.45) is 0 Å². The topological polar surface area (TPSA) is 29.5 Å². The van der Waals surface area contributed by atoms with Crippen LogP contribution in [-0.2, 0) is 12.2 Å². The average Bonchev–Trinajstić information content (AvgIpc) is 2.79. The van der Waals surface area contributed by atoms with E-state index in [4.69, 9.17) is 4.74 Å². The second kappa shape index (κ2) is 6.81. The van der Waals surface area contributed by atoms with Crippen LogP contribution >= 0.6 is 0 Å². The molecule has 3 aromatic rings. The number of ether oxygens (including phenoxy) is 1. The van der Waals surface area contributed by atoms with Crippen LogP contribution in [0.5, 0.6) is 5.75 Å². The van der Waals surface area contributed by atoms with Gasteiger partial charge in [0.15, 0.2) is 5.60 Å². The van der Waals surface area contributed by atoms with Crippen LogP contribution in [-0.4, -0.2) is 5.11 Å². The Labute approximate surface area is 165 Å². The molecule has 0 fully saturated rings. The molecule has 0 saturated carbocycles. The van der Waals surface area contributed by atoms with Crippen molar-refractivity contribution in [1.82, 2.24) is 0 Å². The van der Waals surface area contributed by atoms with Gasteiger partial charge in [0.2, 0.25) is 0 Å². The van der Waals surface area contributed by atoms with Crippen LogP contribution in [0.25, 0.3) is 16.8 Å². The van der Waals surface area contributed by atoms with Gasteiger partial charge in [-0.25, -0.2) is 0 Å². The molecule has 28 heavy (non-hydrogen) atoms. The normalized spacial score (nSPS) is 20.5. The van der Waals surface area contributed by atoms with E-state index in [1.54, 1.807) is 0 Å². The number of allylic oxidation sites excluding steroid dienone is 2. The van der Waals surface area contributed by atoms with E-state index in [2.05, 4.69) is 66.8 Å². The lowest BCUT2D eigenvalue weighted by molar-refractivity contribution is 0.160. The molecule has 2 nitrogen and oxygen atoms in total. The van der Waals surface area contributed by atoms with Crippen molar-refractivity contribution in [3.8, 4) is 5.75 Å².